The monoisotopic (exact) mass is 264 g/mol. The third kappa shape index (κ3) is 1.48. The maximum atomic E-state index is 12.1. The molecule has 0 aromatic carbocycles. The molecule has 1 aromatic heterocycles. The minimum Gasteiger partial charge on any atom is -0.374 e. The number of carbonyl (C=O) groups is 1. The van der Waals surface area contributed by atoms with Crippen molar-refractivity contribution in [3.63, 3.8) is 0 Å². The highest BCUT2D eigenvalue weighted by atomic mass is 32.1. The van der Waals surface area contributed by atoms with Crippen LogP contribution in [0.5, 0.6) is 0 Å². The second kappa shape index (κ2) is 3.66. The number of hydrogen-bond donors (Lipinski definition) is 2. The number of amides is 1. The SMILES string of the molecule is Nc1nnc(CNC(=O)C2[C@@H]3[C@H]4CC[C@H](C4)[C@H]23)s1. The standard InChI is InChI=1S/C12H16N4OS/c13-12-16-15-7(18-12)4-14-11(17)10-8-5-1-2-6(3-5)9(8)10/h5-6,8-10H,1-4H2,(H2,13,16)(H,14,17)/t5-,6+,8+,9-,10?. The smallest absolute Gasteiger partial charge is 0.224 e. The lowest BCUT2D eigenvalue weighted by Gasteiger charge is -2.08. The predicted molar refractivity (Wildman–Crippen MR) is 67.5 cm³/mol. The molecule has 3 saturated carbocycles. The summed E-state index contributed by atoms with van der Waals surface area (Å²) in [6.07, 6.45) is 4.08. The van der Waals surface area contributed by atoms with Crippen molar-refractivity contribution in [2.75, 3.05) is 5.73 Å². The van der Waals surface area contributed by atoms with E-state index < -0.39 is 0 Å². The van der Waals surface area contributed by atoms with Crippen LogP contribution in [0.2, 0.25) is 0 Å². The molecule has 18 heavy (non-hydrogen) atoms. The summed E-state index contributed by atoms with van der Waals surface area (Å²) < 4.78 is 0. The van der Waals surface area contributed by atoms with Crippen LogP contribution < -0.4 is 11.1 Å². The zero-order chi connectivity index (χ0) is 12.3. The van der Waals surface area contributed by atoms with Crippen LogP contribution in [0.1, 0.15) is 24.3 Å². The van der Waals surface area contributed by atoms with Crippen LogP contribution in [0, 0.1) is 29.6 Å². The minimum atomic E-state index is 0.218. The van der Waals surface area contributed by atoms with E-state index in [0.717, 1.165) is 16.8 Å². The predicted octanol–water partition coefficient (Wildman–Crippen LogP) is 1.03. The van der Waals surface area contributed by atoms with Gasteiger partial charge in [-0.05, 0) is 42.9 Å². The van der Waals surface area contributed by atoms with E-state index in [1.54, 1.807) is 0 Å². The Hall–Kier alpha value is -1.17. The Morgan fingerprint density at radius 1 is 1.33 bits per heavy atom. The van der Waals surface area contributed by atoms with Crippen molar-refractivity contribution in [2.45, 2.75) is 25.8 Å². The van der Waals surface area contributed by atoms with Crippen LogP contribution >= 0.6 is 11.3 Å². The van der Waals surface area contributed by atoms with Gasteiger partial charge in [0.05, 0.1) is 6.54 Å². The van der Waals surface area contributed by atoms with Gasteiger partial charge in [-0.1, -0.05) is 11.3 Å². The van der Waals surface area contributed by atoms with Crippen molar-refractivity contribution in [3.05, 3.63) is 5.01 Å². The Morgan fingerprint density at radius 3 is 2.67 bits per heavy atom. The molecular weight excluding hydrogens is 248 g/mol. The summed E-state index contributed by atoms with van der Waals surface area (Å²) in [5, 5.41) is 11.9. The molecule has 3 N–H and O–H groups in total. The van der Waals surface area contributed by atoms with Crippen LogP contribution in [-0.4, -0.2) is 16.1 Å². The molecule has 3 aliphatic carbocycles. The first-order chi connectivity index (χ1) is 8.74. The number of hydrogen-bond acceptors (Lipinski definition) is 5. The molecule has 5 atom stereocenters. The number of nitrogens with two attached hydrogens (primary N) is 1. The van der Waals surface area contributed by atoms with E-state index in [9.17, 15) is 4.79 Å². The van der Waals surface area contributed by atoms with Gasteiger partial charge in [-0.3, -0.25) is 4.79 Å². The first kappa shape index (κ1) is 10.7. The van der Waals surface area contributed by atoms with Crippen LogP contribution in [-0.2, 0) is 11.3 Å². The molecule has 0 aliphatic heterocycles. The summed E-state index contributed by atoms with van der Waals surface area (Å²) in [5.74, 6) is 3.59. The number of nitrogens with zero attached hydrogens (tertiary/aromatic N) is 2. The number of rotatable bonds is 3. The molecule has 4 rings (SSSR count). The van der Waals surface area contributed by atoms with Crippen molar-refractivity contribution < 1.29 is 4.79 Å². The molecule has 5 nitrogen and oxygen atoms in total. The highest BCUT2D eigenvalue weighted by Crippen LogP contribution is 2.69. The Kier molecular flexibility index (Phi) is 2.18. The lowest BCUT2D eigenvalue weighted by atomic mass is 10.0. The number of carbonyl (C=O) groups excluding carboxylic acids is 1. The van der Waals surface area contributed by atoms with Gasteiger partial charge >= 0.3 is 0 Å². The second-order valence-electron chi connectivity index (χ2n) is 5.77. The first-order valence-corrected chi connectivity index (χ1v) is 7.41. The lowest BCUT2D eigenvalue weighted by molar-refractivity contribution is -0.123. The molecular formula is C12H16N4OS. The first-order valence-electron chi connectivity index (χ1n) is 6.59. The summed E-state index contributed by atoms with van der Waals surface area (Å²) in [4.78, 5) is 12.1. The fourth-order valence-electron chi connectivity index (χ4n) is 4.29. The van der Waals surface area contributed by atoms with Crippen LogP contribution in [0.4, 0.5) is 5.13 Å². The van der Waals surface area contributed by atoms with Crippen molar-refractivity contribution in [1.82, 2.24) is 15.5 Å². The molecule has 1 unspecified atom stereocenters. The molecule has 3 aliphatic rings. The second-order valence-corrected chi connectivity index (χ2v) is 6.86. The fourth-order valence-corrected chi connectivity index (χ4v) is 4.84. The molecule has 3 fully saturated rings. The van der Waals surface area contributed by atoms with Crippen LogP contribution in [0.15, 0.2) is 0 Å². The molecule has 6 heteroatoms. The summed E-state index contributed by atoms with van der Waals surface area (Å²) >= 11 is 1.34. The number of aromatic nitrogens is 2. The lowest BCUT2D eigenvalue weighted by Crippen LogP contribution is -2.27. The molecule has 1 aromatic rings. The van der Waals surface area contributed by atoms with Gasteiger partial charge in [0.2, 0.25) is 11.0 Å². The quantitative estimate of drug-likeness (QED) is 0.854. The molecule has 0 saturated heterocycles. The zero-order valence-corrected chi connectivity index (χ0v) is 10.8. The Morgan fingerprint density at radius 2 is 2.06 bits per heavy atom. The third-order valence-electron chi connectivity index (χ3n) is 4.93. The number of nitrogens with one attached hydrogen (secondary N) is 1. The summed E-state index contributed by atoms with van der Waals surface area (Å²) in [6, 6.07) is 0. The van der Waals surface area contributed by atoms with Gasteiger partial charge < -0.3 is 11.1 Å². The number of nitrogen functional groups attached to an aromatic ring is 1. The Balaban J connectivity index is 1.36. The summed E-state index contributed by atoms with van der Waals surface area (Å²) in [7, 11) is 0. The highest BCUT2D eigenvalue weighted by Gasteiger charge is 2.67. The molecule has 96 valence electrons. The van der Waals surface area contributed by atoms with Gasteiger partial charge in [-0.2, -0.15) is 0 Å². The maximum absolute atomic E-state index is 12.1. The molecule has 0 radical (unpaired) electrons. The number of fused-ring (bicyclic) bond motifs is 5. The van der Waals surface area contributed by atoms with Gasteiger partial charge in [-0.15, -0.1) is 10.2 Å². The Bertz CT molecular complexity index is 486. The van der Waals surface area contributed by atoms with Gasteiger partial charge in [0, 0.05) is 5.92 Å². The van der Waals surface area contributed by atoms with E-state index >= 15 is 0 Å². The molecule has 1 amide bonds. The van der Waals surface area contributed by atoms with E-state index in [4.69, 9.17) is 5.73 Å². The van der Waals surface area contributed by atoms with Gasteiger partial charge in [0.1, 0.15) is 5.01 Å². The van der Waals surface area contributed by atoms with Crippen molar-refractivity contribution in [1.29, 1.82) is 0 Å². The molecule has 2 bridgehead atoms. The van der Waals surface area contributed by atoms with E-state index in [-0.39, 0.29) is 5.91 Å². The molecule has 1 heterocycles. The third-order valence-corrected chi connectivity index (χ3v) is 5.69. The van der Waals surface area contributed by atoms with Crippen molar-refractivity contribution >= 4 is 22.4 Å². The van der Waals surface area contributed by atoms with Crippen LogP contribution in [0.3, 0.4) is 0 Å². The van der Waals surface area contributed by atoms with Gasteiger partial charge in [-0.25, -0.2) is 0 Å². The average Bonchev–Trinajstić information content (AvgIpc) is 2.69. The fraction of sp³-hybridized carbons (Fsp3) is 0.750. The van der Waals surface area contributed by atoms with Gasteiger partial charge in [0.15, 0.2) is 0 Å². The summed E-state index contributed by atoms with van der Waals surface area (Å²) in [6.45, 7) is 0.471. The van der Waals surface area contributed by atoms with Crippen molar-refractivity contribution in [2.24, 2.45) is 29.6 Å². The van der Waals surface area contributed by atoms with E-state index in [0.29, 0.717) is 29.4 Å². The maximum Gasteiger partial charge on any atom is 0.224 e. The zero-order valence-electron chi connectivity index (χ0n) is 10.0. The number of anilines is 1. The normalized spacial score (nSPS) is 39.7. The molecule has 0 spiro atoms. The highest BCUT2D eigenvalue weighted by molar-refractivity contribution is 7.15. The topological polar surface area (TPSA) is 80.9 Å². The van der Waals surface area contributed by atoms with E-state index in [2.05, 4.69) is 15.5 Å². The summed E-state index contributed by atoms with van der Waals surface area (Å²) in [5.41, 5.74) is 5.51. The largest absolute Gasteiger partial charge is 0.374 e. The van der Waals surface area contributed by atoms with E-state index in [1.807, 2.05) is 0 Å². The minimum absolute atomic E-state index is 0.218. The van der Waals surface area contributed by atoms with Gasteiger partial charge in [0.25, 0.3) is 0 Å². The van der Waals surface area contributed by atoms with E-state index in [1.165, 1.54) is 30.6 Å². The van der Waals surface area contributed by atoms with Crippen LogP contribution in [0.25, 0.3) is 0 Å². The average molecular weight is 264 g/mol. The van der Waals surface area contributed by atoms with Crippen molar-refractivity contribution in [3.8, 4) is 0 Å². The Labute approximate surface area is 109 Å².